The van der Waals surface area contributed by atoms with Crippen LogP contribution in [0.15, 0.2) is 0 Å². The topological polar surface area (TPSA) is 80.2 Å². The van der Waals surface area contributed by atoms with Gasteiger partial charge in [0.05, 0.1) is 17.9 Å². The first-order chi connectivity index (χ1) is 7.99. The van der Waals surface area contributed by atoms with Crippen LogP contribution in [0.25, 0.3) is 0 Å². The molecule has 1 heterocycles. The highest BCUT2D eigenvalue weighted by atomic mass is 16.5. The number of aromatic nitrogens is 2. The normalized spacial score (nSPS) is 10.6. The zero-order chi connectivity index (χ0) is 13.0. The Morgan fingerprint density at radius 2 is 2.24 bits per heavy atom. The summed E-state index contributed by atoms with van der Waals surface area (Å²) in [5.74, 6) is 0.906. The molecule has 0 amide bonds. The second-order valence-electron chi connectivity index (χ2n) is 3.94. The monoisotopic (exact) mass is 239 g/mol. The number of likely N-dealkylation sites (N-methyl/N-ethyl adjacent to an activating group) is 1. The lowest BCUT2D eigenvalue weighted by atomic mass is 10.2. The predicted octanol–water partition coefficient (Wildman–Crippen LogP) is 0.485. The minimum Gasteiger partial charge on any atom is -0.384 e. The maximum atomic E-state index is 7.60. The van der Waals surface area contributed by atoms with Gasteiger partial charge in [-0.1, -0.05) is 0 Å². The lowest BCUT2D eigenvalue weighted by molar-refractivity contribution is 0.154. The van der Waals surface area contributed by atoms with Crippen LogP contribution in [0.4, 0.5) is 5.82 Å². The number of hydrogen-bond donors (Lipinski definition) is 2. The third-order valence-electron chi connectivity index (χ3n) is 2.60. The van der Waals surface area contributed by atoms with Crippen LogP contribution in [0.3, 0.4) is 0 Å². The lowest BCUT2D eigenvalue weighted by Crippen LogP contribution is -2.27. The summed E-state index contributed by atoms with van der Waals surface area (Å²) in [6, 6.07) is 0. The summed E-state index contributed by atoms with van der Waals surface area (Å²) >= 11 is 0. The van der Waals surface area contributed by atoms with Gasteiger partial charge in [-0.05, 0) is 13.8 Å². The Labute approximate surface area is 102 Å². The Bertz CT molecular complexity index is 399. The molecule has 1 aromatic heterocycles. The Hall–Kier alpha value is -1.56. The first-order valence-corrected chi connectivity index (χ1v) is 5.65. The van der Waals surface area contributed by atoms with Crippen molar-refractivity contribution in [2.24, 2.45) is 12.8 Å². The van der Waals surface area contributed by atoms with Crippen LogP contribution in [0, 0.1) is 12.3 Å². The molecule has 17 heavy (non-hydrogen) atoms. The summed E-state index contributed by atoms with van der Waals surface area (Å²) in [5, 5.41) is 11.9. The Morgan fingerprint density at radius 3 is 2.76 bits per heavy atom. The molecule has 0 spiro atoms. The quantitative estimate of drug-likeness (QED) is 0.430. The van der Waals surface area contributed by atoms with E-state index in [0.717, 1.165) is 18.1 Å². The van der Waals surface area contributed by atoms with E-state index in [4.69, 9.17) is 15.9 Å². The lowest BCUT2D eigenvalue weighted by Gasteiger charge is -2.20. The summed E-state index contributed by atoms with van der Waals surface area (Å²) in [6.45, 7) is 5.92. The SMILES string of the molecule is CCOCCN(C)c1c(C(=N)N)c(C)nn1C. The van der Waals surface area contributed by atoms with Crippen molar-refractivity contribution in [1.82, 2.24) is 9.78 Å². The molecule has 1 rings (SSSR count). The zero-order valence-electron chi connectivity index (χ0n) is 10.9. The summed E-state index contributed by atoms with van der Waals surface area (Å²) in [5.41, 5.74) is 7.07. The molecule has 0 radical (unpaired) electrons. The maximum Gasteiger partial charge on any atom is 0.137 e. The summed E-state index contributed by atoms with van der Waals surface area (Å²) in [6.07, 6.45) is 0. The second-order valence-corrected chi connectivity index (χ2v) is 3.94. The van der Waals surface area contributed by atoms with E-state index in [9.17, 15) is 0 Å². The van der Waals surface area contributed by atoms with E-state index in [1.54, 1.807) is 4.68 Å². The van der Waals surface area contributed by atoms with Gasteiger partial charge in [0.2, 0.25) is 0 Å². The van der Waals surface area contributed by atoms with E-state index in [0.29, 0.717) is 18.8 Å². The van der Waals surface area contributed by atoms with Crippen molar-refractivity contribution in [1.29, 1.82) is 5.41 Å². The highest BCUT2D eigenvalue weighted by Gasteiger charge is 2.18. The minimum atomic E-state index is 0.0499. The summed E-state index contributed by atoms with van der Waals surface area (Å²) in [4.78, 5) is 2.01. The number of ether oxygens (including phenoxy) is 1. The largest absolute Gasteiger partial charge is 0.384 e. The number of rotatable bonds is 6. The minimum absolute atomic E-state index is 0.0499. The Kier molecular flexibility index (Phi) is 4.51. The number of anilines is 1. The van der Waals surface area contributed by atoms with Crippen molar-refractivity contribution in [3.63, 3.8) is 0 Å². The fraction of sp³-hybridized carbons (Fsp3) is 0.636. The van der Waals surface area contributed by atoms with E-state index in [1.807, 2.05) is 32.8 Å². The van der Waals surface area contributed by atoms with E-state index in [1.165, 1.54) is 0 Å². The van der Waals surface area contributed by atoms with Gasteiger partial charge in [-0.2, -0.15) is 5.10 Å². The van der Waals surface area contributed by atoms with Crippen LogP contribution < -0.4 is 10.6 Å². The van der Waals surface area contributed by atoms with E-state index >= 15 is 0 Å². The van der Waals surface area contributed by atoms with Crippen molar-refractivity contribution in [3.8, 4) is 0 Å². The van der Waals surface area contributed by atoms with E-state index in [2.05, 4.69) is 5.10 Å². The third-order valence-corrected chi connectivity index (χ3v) is 2.60. The highest BCUT2D eigenvalue weighted by Crippen LogP contribution is 2.21. The van der Waals surface area contributed by atoms with Gasteiger partial charge in [0.1, 0.15) is 11.7 Å². The molecule has 0 fully saturated rings. The second kappa shape index (κ2) is 5.67. The number of nitrogens with two attached hydrogens (primary N) is 1. The van der Waals surface area contributed by atoms with Crippen LogP contribution in [0.5, 0.6) is 0 Å². The number of aryl methyl sites for hydroxylation is 2. The fourth-order valence-electron chi connectivity index (χ4n) is 1.85. The molecule has 3 N–H and O–H groups in total. The number of amidine groups is 1. The first-order valence-electron chi connectivity index (χ1n) is 5.65. The molecular weight excluding hydrogens is 218 g/mol. The highest BCUT2D eigenvalue weighted by molar-refractivity contribution is 6.00. The molecule has 0 atom stereocenters. The number of nitrogens with zero attached hydrogens (tertiary/aromatic N) is 3. The average Bonchev–Trinajstić information content (AvgIpc) is 2.53. The smallest absolute Gasteiger partial charge is 0.137 e. The van der Waals surface area contributed by atoms with Gasteiger partial charge in [-0.15, -0.1) is 0 Å². The van der Waals surface area contributed by atoms with Gasteiger partial charge in [0.15, 0.2) is 0 Å². The van der Waals surface area contributed by atoms with Crippen LogP contribution in [0.1, 0.15) is 18.2 Å². The summed E-state index contributed by atoms with van der Waals surface area (Å²) < 4.78 is 7.06. The van der Waals surface area contributed by atoms with Gasteiger partial charge in [0, 0.05) is 27.2 Å². The Morgan fingerprint density at radius 1 is 1.59 bits per heavy atom. The molecule has 0 aromatic carbocycles. The third kappa shape index (κ3) is 2.97. The molecule has 0 bridgehead atoms. The van der Waals surface area contributed by atoms with Gasteiger partial charge in [-0.3, -0.25) is 10.1 Å². The van der Waals surface area contributed by atoms with Gasteiger partial charge >= 0.3 is 0 Å². The molecular formula is C11H21N5O. The van der Waals surface area contributed by atoms with Gasteiger partial charge in [0.25, 0.3) is 0 Å². The molecule has 0 saturated carbocycles. The van der Waals surface area contributed by atoms with E-state index in [-0.39, 0.29) is 5.84 Å². The predicted molar refractivity (Wildman–Crippen MR) is 68.7 cm³/mol. The molecule has 1 aromatic rings. The molecule has 0 saturated heterocycles. The van der Waals surface area contributed by atoms with E-state index < -0.39 is 0 Å². The van der Waals surface area contributed by atoms with Gasteiger partial charge < -0.3 is 15.4 Å². The van der Waals surface area contributed by atoms with Crippen molar-refractivity contribution in [2.75, 3.05) is 31.7 Å². The summed E-state index contributed by atoms with van der Waals surface area (Å²) in [7, 11) is 3.80. The zero-order valence-corrected chi connectivity index (χ0v) is 10.9. The molecule has 0 aliphatic rings. The first kappa shape index (κ1) is 13.5. The molecule has 0 unspecified atom stereocenters. The van der Waals surface area contributed by atoms with Crippen molar-refractivity contribution in [2.45, 2.75) is 13.8 Å². The van der Waals surface area contributed by atoms with Gasteiger partial charge in [-0.25, -0.2) is 0 Å². The number of nitrogens with one attached hydrogen (secondary N) is 1. The molecule has 0 aliphatic carbocycles. The van der Waals surface area contributed by atoms with Crippen LogP contribution >= 0.6 is 0 Å². The molecule has 96 valence electrons. The standard InChI is InChI=1S/C11H21N5O/c1-5-17-7-6-15(3)11-9(10(12)13)8(2)14-16(11)4/h5-7H2,1-4H3,(H3,12,13). The van der Waals surface area contributed by atoms with Crippen LogP contribution in [-0.2, 0) is 11.8 Å². The maximum absolute atomic E-state index is 7.60. The number of hydrogen-bond acceptors (Lipinski definition) is 4. The average molecular weight is 239 g/mol. The molecule has 0 aliphatic heterocycles. The van der Waals surface area contributed by atoms with Crippen molar-refractivity contribution < 1.29 is 4.74 Å². The fourth-order valence-corrected chi connectivity index (χ4v) is 1.85. The van der Waals surface area contributed by atoms with Crippen LogP contribution in [-0.4, -0.2) is 42.4 Å². The Balaban J connectivity index is 2.92. The molecule has 6 heteroatoms. The molecule has 6 nitrogen and oxygen atoms in total. The van der Waals surface area contributed by atoms with Crippen molar-refractivity contribution in [3.05, 3.63) is 11.3 Å². The number of nitrogen functional groups attached to an aromatic ring is 1. The van der Waals surface area contributed by atoms with Crippen LogP contribution in [0.2, 0.25) is 0 Å². The van der Waals surface area contributed by atoms with Crippen molar-refractivity contribution >= 4 is 11.7 Å².